The zero-order valence-corrected chi connectivity index (χ0v) is 12.3. The highest BCUT2D eigenvalue weighted by atomic mass is 35.5. The molecule has 0 saturated heterocycles. The Balaban J connectivity index is 2.10. The van der Waals surface area contributed by atoms with E-state index in [-0.39, 0.29) is 6.04 Å². The molecule has 0 bridgehead atoms. The quantitative estimate of drug-likeness (QED) is 0.629. The average Bonchev–Trinajstić information content (AvgIpc) is 2.36. The highest BCUT2D eigenvalue weighted by Crippen LogP contribution is 2.13. The van der Waals surface area contributed by atoms with Gasteiger partial charge in [-0.25, -0.2) is 0 Å². The molecule has 1 unspecified atom stereocenters. The summed E-state index contributed by atoms with van der Waals surface area (Å²) in [5, 5.41) is 0.795. The summed E-state index contributed by atoms with van der Waals surface area (Å²) in [5.41, 5.74) is 7.44. The molecule has 0 aliphatic rings. The van der Waals surface area contributed by atoms with E-state index < -0.39 is 0 Å². The zero-order valence-electron chi connectivity index (χ0n) is 11.5. The maximum atomic E-state index is 6.15. The van der Waals surface area contributed by atoms with Gasteiger partial charge in [-0.3, -0.25) is 0 Å². The standard InChI is InChI=1S/C16H26ClN/c1-2-3-4-5-6-7-8-16(18)13-14-9-11-15(17)12-10-14/h9-12,16H,2-8,13,18H2,1H3. The maximum Gasteiger partial charge on any atom is 0.0406 e. The van der Waals surface area contributed by atoms with Gasteiger partial charge in [0.1, 0.15) is 0 Å². The SMILES string of the molecule is CCCCCCCCC(N)Cc1ccc(Cl)cc1. The number of rotatable bonds is 9. The van der Waals surface area contributed by atoms with Crippen LogP contribution in [0.15, 0.2) is 24.3 Å². The fraction of sp³-hybridized carbons (Fsp3) is 0.625. The monoisotopic (exact) mass is 267 g/mol. The summed E-state index contributed by atoms with van der Waals surface area (Å²) in [4.78, 5) is 0. The minimum Gasteiger partial charge on any atom is -0.327 e. The first kappa shape index (κ1) is 15.5. The Labute approximate surface area is 117 Å². The van der Waals surface area contributed by atoms with Gasteiger partial charge in [0, 0.05) is 11.1 Å². The van der Waals surface area contributed by atoms with Crippen molar-refractivity contribution in [1.82, 2.24) is 0 Å². The first-order valence-electron chi connectivity index (χ1n) is 7.22. The summed E-state index contributed by atoms with van der Waals surface area (Å²) >= 11 is 5.86. The van der Waals surface area contributed by atoms with Crippen molar-refractivity contribution in [3.05, 3.63) is 34.9 Å². The molecule has 0 aromatic heterocycles. The molecule has 0 amide bonds. The molecule has 2 heteroatoms. The number of nitrogens with two attached hydrogens (primary N) is 1. The third-order valence-electron chi connectivity index (χ3n) is 3.34. The Morgan fingerprint density at radius 3 is 2.28 bits per heavy atom. The predicted octanol–water partition coefficient (Wildman–Crippen LogP) is 4.96. The van der Waals surface area contributed by atoms with Gasteiger partial charge >= 0.3 is 0 Å². The van der Waals surface area contributed by atoms with Gasteiger partial charge in [0.25, 0.3) is 0 Å². The minimum atomic E-state index is 0.289. The third kappa shape index (κ3) is 7.03. The molecule has 1 aromatic carbocycles. The van der Waals surface area contributed by atoms with Gasteiger partial charge in [0.2, 0.25) is 0 Å². The van der Waals surface area contributed by atoms with Gasteiger partial charge in [-0.05, 0) is 30.5 Å². The summed E-state index contributed by atoms with van der Waals surface area (Å²) in [6, 6.07) is 8.31. The van der Waals surface area contributed by atoms with Crippen LogP contribution < -0.4 is 5.73 Å². The number of unbranched alkanes of at least 4 members (excludes halogenated alkanes) is 5. The molecule has 102 valence electrons. The molecule has 18 heavy (non-hydrogen) atoms. The van der Waals surface area contributed by atoms with E-state index in [4.69, 9.17) is 17.3 Å². The molecule has 0 heterocycles. The molecule has 1 rings (SSSR count). The Morgan fingerprint density at radius 2 is 1.61 bits per heavy atom. The van der Waals surface area contributed by atoms with Crippen molar-refractivity contribution >= 4 is 11.6 Å². The van der Waals surface area contributed by atoms with E-state index in [0.29, 0.717) is 0 Å². The molecule has 1 atom stereocenters. The molecule has 0 fully saturated rings. The lowest BCUT2D eigenvalue weighted by atomic mass is 10.0. The van der Waals surface area contributed by atoms with Gasteiger partial charge in [-0.1, -0.05) is 69.2 Å². The van der Waals surface area contributed by atoms with E-state index >= 15 is 0 Å². The Hall–Kier alpha value is -0.530. The lowest BCUT2D eigenvalue weighted by molar-refractivity contribution is 0.532. The summed E-state index contributed by atoms with van der Waals surface area (Å²) in [5.74, 6) is 0. The molecule has 0 saturated carbocycles. The number of benzene rings is 1. The van der Waals surface area contributed by atoms with Crippen LogP contribution in [0.2, 0.25) is 5.02 Å². The Kier molecular flexibility index (Phi) is 8.11. The summed E-state index contributed by atoms with van der Waals surface area (Å²) in [7, 11) is 0. The molecule has 0 radical (unpaired) electrons. The summed E-state index contributed by atoms with van der Waals surface area (Å²) in [6.07, 6.45) is 10.1. The number of hydrogen-bond acceptors (Lipinski definition) is 1. The molecule has 0 aliphatic heterocycles. The van der Waals surface area contributed by atoms with Crippen molar-refractivity contribution < 1.29 is 0 Å². The van der Waals surface area contributed by atoms with Crippen LogP contribution in [0, 0.1) is 0 Å². The van der Waals surface area contributed by atoms with E-state index in [1.165, 1.54) is 44.1 Å². The van der Waals surface area contributed by atoms with Crippen LogP contribution in [0.1, 0.15) is 57.4 Å². The molecule has 1 nitrogen and oxygen atoms in total. The fourth-order valence-electron chi connectivity index (χ4n) is 2.21. The number of halogens is 1. The van der Waals surface area contributed by atoms with Crippen molar-refractivity contribution in [2.45, 2.75) is 64.3 Å². The van der Waals surface area contributed by atoms with Crippen molar-refractivity contribution in [1.29, 1.82) is 0 Å². The van der Waals surface area contributed by atoms with E-state index in [2.05, 4.69) is 19.1 Å². The first-order chi connectivity index (χ1) is 8.72. The lowest BCUT2D eigenvalue weighted by Crippen LogP contribution is -2.22. The van der Waals surface area contributed by atoms with Gasteiger partial charge in [-0.15, -0.1) is 0 Å². The van der Waals surface area contributed by atoms with Gasteiger partial charge in [0.05, 0.1) is 0 Å². The van der Waals surface area contributed by atoms with Crippen LogP contribution in [-0.2, 0) is 6.42 Å². The van der Waals surface area contributed by atoms with Crippen molar-refractivity contribution in [3.8, 4) is 0 Å². The van der Waals surface area contributed by atoms with Gasteiger partial charge < -0.3 is 5.73 Å². The molecule has 1 aromatic rings. The lowest BCUT2D eigenvalue weighted by Gasteiger charge is -2.11. The van der Waals surface area contributed by atoms with E-state index in [0.717, 1.165) is 17.9 Å². The predicted molar refractivity (Wildman–Crippen MR) is 81.1 cm³/mol. The largest absolute Gasteiger partial charge is 0.327 e. The first-order valence-corrected chi connectivity index (χ1v) is 7.60. The highest BCUT2D eigenvalue weighted by molar-refractivity contribution is 6.30. The summed E-state index contributed by atoms with van der Waals surface area (Å²) < 4.78 is 0. The van der Waals surface area contributed by atoms with Crippen LogP contribution in [0.4, 0.5) is 0 Å². The van der Waals surface area contributed by atoms with Crippen molar-refractivity contribution in [2.75, 3.05) is 0 Å². The van der Waals surface area contributed by atoms with Crippen molar-refractivity contribution in [3.63, 3.8) is 0 Å². The smallest absolute Gasteiger partial charge is 0.0406 e. The van der Waals surface area contributed by atoms with Gasteiger partial charge in [-0.2, -0.15) is 0 Å². The van der Waals surface area contributed by atoms with Crippen molar-refractivity contribution in [2.24, 2.45) is 5.73 Å². The molecule has 2 N–H and O–H groups in total. The second kappa shape index (κ2) is 9.41. The molecular weight excluding hydrogens is 242 g/mol. The second-order valence-electron chi connectivity index (χ2n) is 5.15. The Morgan fingerprint density at radius 1 is 1.00 bits per heavy atom. The van der Waals surface area contributed by atoms with Crippen LogP contribution in [-0.4, -0.2) is 6.04 Å². The topological polar surface area (TPSA) is 26.0 Å². The van der Waals surface area contributed by atoms with Gasteiger partial charge in [0.15, 0.2) is 0 Å². The average molecular weight is 268 g/mol. The van der Waals surface area contributed by atoms with E-state index in [1.807, 2.05) is 12.1 Å². The van der Waals surface area contributed by atoms with E-state index in [1.54, 1.807) is 0 Å². The molecule has 0 aliphatic carbocycles. The highest BCUT2D eigenvalue weighted by Gasteiger charge is 2.04. The van der Waals surface area contributed by atoms with E-state index in [9.17, 15) is 0 Å². The minimum absolute atomic E-state index is 0.289. The molecule has 0 spiro atoms. The third-order valence-corrected chi connectivity index (χ3v) is 3.59. The van der Waals surface area contributed by atoms with Crippen LogP contribution >= 0.6 is 11.6 Å². The molecular formula is C16H26ClN. The zero-order chi connectivity index (χ0) is 13.2. The second-order valence-corrected chi connectivity index (χ2v) is 5.58. The normalized spacial score (nSPS) is 12.6. The maximum absolute atomic E-state index is 6.15. The summed E-state index contributed by atoms with van der Waals surface area (Å²) in [6.45, 7) is 2.25. The number of hydrogen-bond donors (Lipinski definition) is 1. The fourth-order valence-corrected chi connectivity index (χ4v) is 2.34. The van der Waals surface area contributed by atoms with Crippen LogP contribution in [0.25, 0.3) is 0 Å². The Bertz CT molecular complexity index is 307. The van der Waals surface area contributed by atoms with Crippen LogP contribution in [0.5, 0.6) is 0 Å². The van der Waals surface area contributed by atoms with Crippen LogP contribution in [0.3, 0.4) is 0 Å².